The van der Waals surface area contributed by atoms with Crippen LogP contribution in [0.15, 0.2) is 84.6 Å². The fraction of sp³-hybridized carbons (Fsp3) is 0.167. The lowest BCUT2D eigenvalue weighted by Gasteiger charge is -2.38. The number of ketones is 1. The standard InChI is InChI=1S/C24H24N2OS/c1-18-17-24(2,3)25-23(28)26(18)21-14-9-13-20(16-21)22(27)15-8-7-12-19-10-5-4-6-11-19/h4-17H,1-3H3,(H,25,28)/b12-7+,15-8+. The minimum atomic E-state index is -0.182. The van der Waals surface area contributed by atoms with Crippen molar-refractivity contribution in [3.05, 3.63) is 95.7 Å². The third kappa shape index (κ3) is 4.84. The highest BCUT2D eigenvalue weighted by atomic mass is 32.1. The Balaban J connectivity index is 1.76. The number of hydrogen-bond donors (Lipinski definition) is 1. The van der Waals surface area contributed by atoms with Gasteiger partial charge in [0.15, 0.2) is 10.9 Å². The van der Waals surface area contributed by atoms with Crippen molar-refractivity contribution in [2.45, 2.75) is 26.3 Å². The van der Waals surface area contributed by atoms with E-state index in [1.807, 2.05) is 78.6 Å². The van der Waals surface area contributed by atoms with Crippen molar-refractivity contribution in [1.82, 2.24) is 5.32 Å². The van der Waals surface area contributed by atoms with Crippen LogP contribution in [0.2, 0.25) is 0 Å². The van der Waals surface area contributed by atoms with E-state index in [1.165, 1.54) is 0 Å². The maximum absolute atomic E-state index is 12.6. The fourth-order valence-electron chi connectivity index (χ4n) is 3.20. The van der Waals surface area contributed by atoms with Crippen molar-refractivity contribution < 1.29 is 4.79 Å². The summed E-state index contributed by atoms with van der Waals surface area (Å²) in [5.41, 5.74) is 3.46. The Morgan fingerprint density at radius 2 is 1.82 bits per heavy atom. The van der Waals surface area contributed by atoms with E-state index in [0.29, 0.717) is 10.7 Å². The van der Waals surface area contributed by atoms with Crippen LogP contribution in [0, 0.1) is 0 Å². The average Bonchev–Trinajstić information content (AvgIpc) is 2.64. The Morgan fingerprint density at radius 1 is 1.07 bits per heavy atom. The molecule has 4 heteroatoms. The maximum atomic E-state index is 12.6. The molecule has 0 atom stereocenters. The normalized spacial score (nSPS) is 16.3. The van der Waals surface area contributed by atoms with Gasteiger partial charge in [0.25, 0.3) is 0 Å². The van der Waals surface area contributed by atoms with Gasteiger partial charge in [0, 0.05) is 16.9 Å². The summed E-state index contributed by atoms with van der Waals surface area (Å²) in [7, 11) is 0. The number of nitrogens with one attached hydrogen (secondary N) is 1. The van der Waals surface area contributed by atoms with E-state index in [2.05, 4.69) is 25.2 Å². The van der Waals surface area contributed by atoms with Crippen molar-refractivity contribution in [1.29, 1.82) is 0 Å². The van der Waals surface area contributed by atoms with Crippen molar-refractivity contribution in [3.8, 4) is 0 Å². The number of allylic oxidation sites excluding steroid dienone is 4. The molecular weight excluding hydrogens is 364 g/mol. The molecule has 0 unspecified atom stereocenters. The molecule has 0 radical (unpaired) electrons. The Labute approximate surface area is 172 Å². The van der Waals surface area contributed by atoms with Crippen molar-refractivity contribution in [3.63, 3.8) is 0 Å². The number of hydrogen-bond acceptors (Lipinski definition) is 2. The van der Waals surface area contributed by atoms with Gasteiger partial charge in [-0.05, 0) is 62.8 Å². The molecule has 2 aromatic carbocycles. The van der Waals surface area contributed by atoms with Crippen LogP contribution < -0.4 is 10.2 Å². The molecule has 1 N–H and O–H groups in total. The lowest BCUT2D eigenvalue weighted by atomic mass is 10.0. The second-order valence-electron chi connectivity index (χ2n) is 7.32. The first-order valence-corrected chi connectivity index (χ1v) is 9.62. The van der Waals surface area contributed by atoms with Gasteiger partial charge in [-0.2, -0.15) is 0 Å². The zero-order valence-electron chi connectivity index (χ0n) is 16.3. The van der Waals surface area contributed by atoms with Crippen molar-refractivity contribution in [2.24, 2.45) is 0 Å². The molecule has 0 amide bonds. The molecule has 142 valence electrons. The third-order valence-electron chi connectivity index (χ3n) is 4.39. The van der Waals surface area contributed by atoms with Crippen molar-refractivity contribution in [2.75, 3.05) is 4.90 Å². The Morgan fingerprint density at radius 3 is 2.54 bits per heavy atom. The Kier molecular flexibility index (Phi) is 5.90. The number of thiocarbonyl (C=S) groups is 1. The molecule has 0 bridgehead atoms. The first-order valence-electron chi connectivity index (χ1n) is 9.22. The second-order valence-corrected chi connectivity index (χ2v) is 7.70. The van der Waals surface area contributed by atoms with Gasteiger partial charge in [-0.3, -0.25) is 9.69 Å². The summed E-state index contributed by atoms with van der Waals surface area (Å²) in [5, 5.41) is 3.95. The maximum Gasteiger partial charge on any atom is 0.185 e. The molecule has 0 aliphatic carbocycles. The summed E-state index contributed by atoms with van der Waals surface area (Å²) in [6.07, 6.45) is 9.31. The molecule has 0 fully saturated rings. The van der Waals surface area contributed by atoms with Crippen LogP contribution in [0.4, 0.5) is 5.69 Å². The zero-order chi connectivity index (χ0) is 20.1. The summed E-state index contributed by atoms with van der Waals surface area (Å²) < 4.78 is 0. The predicted molar refractivity (Wildman–Crippen MR) is 121 cm³/mol. The summed E-state index contributed by atoms with van der Waals surface area (Å²) in [5.74, 6) is -0.0441. The molecule has 0 aromatic heterocycles. The van der Waals surface area contributed by atoms with Crippen LogP contribution in [0.1, 0.15) is 36.7 Å². The lowest BCUT2D eigenvalue weighted by molar-refractivity contribution is 0.104. The number of carbonyl (C=O) groups is 1. The Bertz CT molecular complexity index is 971. The largest absolute Gasteiger partial charge is 0.354 e. The highest BCUT2D eigenvalue weighted by Gasteiger charge is 2.27. The number of carbonyl (C=O) groups excluding carboxylic acids is 1. The molecule has 0 saturated heterocycles. The van der Waals surface area contributed by atoms with E-state index in [4.69, 9.17) is 12.2 Å². The first-order chi connectivity index (χ1) is 13.4. The topological polar surface area (TPSA) is 32.3 Å². The molecule has 3 nitrogen and oxygen atoms in total. The van der Waals surface area contributed by atoms with Crippen molar-refractivity contribution >= 4 is 34.9 Å². The summed E-state index contributed by atoms with van der Waals surface area (Å²) in [6, 6.07) is 17.5. The molecule has 0 spiro atoms. The van der Waals surface area contributed by atoms with Crippen LogP contribution in [-0.4, -0.2) is 16.4 Å². The molecule has 1 heterocycles. The fourth-order valence-corrected chi connectivity index (χ4v) is 3.72. The van der Waals surface area contributed by atoms with Gasteiger partial charge in [-0.15, -0.1) is 0 Å². The summed E-state index contributed by atoms with van der Waals surface area (Å²) in [6.45, 7) is 6.18. The zero-order valence-corrected chi connectivity index (χ0v) is 17.2. The molecular formula is C24H24N2OS. The monoisotopic (exact) mass is 388 g/mol. The second kappa shape index (κ2) is 8.36. The molecule has 3 rings (SSSR count). The van der Waals surface area contributed by atoms with Crippen LogP contribution in [0.5, 0.6) is 0 Å². The number of benzene rings is 2. The quantitative estimate of drug-likeness (QED) is 0.317. The van der Waals surface area contributed by atoms with Gasteiger partial charge in [0.1, 0.15) is 0 Å². The summed E-state index contributed by atoms with van der Waals surface area (Å²) in [4.78, 5) is 14.5. The average molecular weight is 389 g/mol. The van der Waals surface area contributed by atoms with Crippen LogP contribution in [-0.2, 0) is 0 Å². The van der Waals surface area contributed by atoms with Crippen LogP contribution >= 0.6 is 12.2 Å². The van der Waals surface area contributed by atoms with Gasteiger partial charge in [-0.25, -0.2) is 0 Å². The number of rotatable bonds is 5. The summed E-state index contributed by atoms with van der Waals surface area (Å²) >= 11 is 5.54. The Hall–Kier alpha value is -2.98. The minimum Gasteiger partial charge on any atom is -0.354 e. The molecule has 1 aliphatic heterocycles. The number of anilines is 1. The van der Waals surface area contributed by atoms with E-state index in [1.54, 1.807) is 12.2 Å². The van der Waals surface area contributed by atoms with E-state index < -0.39 is 0 Å². The van der Waals surface area contributed by atoms with E-state index in [-0.39, 0.29) is 11.3 Å². The molecule has 0 saturated carbocycles. The van der Waals surface area contributed by atoms with E-state index in [9.17, 15) is 4.79 Å². The van der Waals surface area contributed by atoms with Gasteiger partial charge < -0.3 is 5.32 Å². The highest BCUT2D eigenvalue weighted by molar-refractivity contribution is 7.80. The molecule has 28 heavy (non-hydrogen) atoms. The SMILES string of the molecule is CC1=CC(C)(C)NC(=S)N1c1cccc(C(=O)/C=C/C=C/c2ccccc2)c1. The van der Waals surface area contributed by atoms with E-state index in [0.717, 1.165) is 16.9 Å². The van der Waals surface area contributed by atoms with Crippen LogP contribution in [0.3, 0.4) is 0 Å². The minimum absolute atomic E-state index is 0.0441. The molecule has 1 aliphatic rings. The highest BCUT2D eigenvalue weighted by Crippen LogP contribution is 2.26. The van der Waals surface area contributed by atoms with Gasteiger partial charge in [0.2, 0.25) is 0 Å². The third-order valence-corrected chi connectivity index (χ3v) is 4.68. The molecule has 2 aromatic rings. The van der Waals surface area contributed by atoms with Gasteiger partial charge in [-0.1, -0.05) is 60.7 Å². The first kappa shape index (κ1) is 19.8. The van der Waals surface area contributed by atoms with E-state index >= 15 is 0 Å². The van der Waals surface area contributed by atoms with Crippen LogP contribution in [0.25, 0.3) is 6.08 Å². The smallest absolute Gasteiger partial charge is 0.185 e. The predicted octanol–water partition coefficient (Wildman–Crippen LogP) is 5.52. The van der Waals surface area contributed by atoms with Gasteiger partial charge >= 0.3 is 0 Å². The van der Waals surface area contributed by atoms with Gasteiger partial charge in [0.05, 0.1) is 5.54 Å². The lowest BCUT2D eigenvalue weighted by Crippen LogP contribution is -2.53. The number of nitrogens with zero attached hydrogens (tertiary/aromatic N) is 1.